The van der Waals surface area contributed by atoms with E-state index in [1.54, 1.807) is 6.20 Å². The predicted molar refractivity (Wildman–Crippen MR) is 95.0 cm³/mol. The highest BCUT2D eigenvalue weighted by atomic mass is 79.9. The van der Waals surface area contributed by atoms with Crippen LogP contribution in [0.2, 0.25) is 0 Å². The van der Waals surface area contributed by atoms with Crippen LogP contribution in [0, 0.1) is 0 Å². The standard InChI is InChI=1S/C16H18BrN5O/c1-21(2)7-8-23-14-4-3-12(9-13(14)17)22-6-5-11-10-19-16(18)20-15(11)22/h3-6,9-10H,7-8H2,1-2H3,(H2,18,19,20). The monoisotopic (exact) mass is 375 g/mol. The van der Waals surface area contributed by atoms with Gasteiger partial charge >= 0.3 is 0 Å². The van der Waals surface area contributed by atoms with Crippen molar-refractivity contribution in [2.45, 2.75) is 0 Å². The number of anilines is 1. The molecule has 120 valence electrons. The van der Waals surface area contributed by atoms with Gasteiger partial charge in [0.05, 0.1) is 4.47 Å². The molecule has 0 saturated heterocycles. The second kappa shape index (κ2) is 6.55. The molecule has 23 heavy (non-hydrogen) atoms. The number of halogens is 1. The Kier molecular flexibility index (Phi) is 4.49. The second-order valence-corrected chi connectivity index (χ2v) is 6.31. The second-order valence-electron chi connectivity index (χ2n) is 5.46. The van der Waals surface area contributed by atoms with Gasteiger partial charge in [0.25, 0.3) is 0 Å². The molecule has 3 aromatic rings. The zero-order valence-corrected chi connectivity index (χ0v) is 14.6. The highest BCUT2D eigenvalue weighted by Gasteiger charge is 2.09. The third-order valence-corrected chi connectivity index (χ3v) is 4.06. The Morgan fingerprint density at radius 2 is 2.13 bits per heavy atom. The summed E-state index contributed by atoms with van der Waals surface area (Å²) >= 11 is 3.57. The number of nitrogens with two attached hydrogens (primary N) is 1. The van der Waals surface area contributed by atoms with Gasteiger partial charge in [0.15, 0.2) is 0 Å². The van der Waals surface area contributed by atoms with Gasteiger partial charge in [-0.15, -0.1) is 0 Å². The van der Waals surface area contributed by atoms with Crippen LogP contribution in [0.3, 0.4) is 0 Å². The van der Waals surface area contributed by atoms with Gasteiger partial charge in [-0.05, 0) is 54.3 Å². The zero-order valence-electron chi connectivity index (χ0n) is 13.0. The molecular weight excluding hydrogens is 358 g/mol. The maximum absolute atomic E-state index is 5.78. The Hall–Kier alpha value is -2.12. The molecule has 0 saturated carbocycles. The predicted octanol–water partition coefficient (Wildman–Crippen LogP) is 2.71. The van der Waals surface area contributed by atoms with Gasteiger partial charge < -0.3 is 19.9 Å². The van der Waals surface area contributed by atoms with Crippen molar-refractivity contribution < 1.29 is 4.74 Å². The van der Waals surface area contributed by atoms with Gasteiger partial charge in [0, 0.05) is 30.0 Å². The van der Waals surface area contributed by atoms with E-state index in [0.717, 1.165) is 33.5 Å². The van der Waals surface area contributed by atoms with Gasteiger partial charge in [-0.2, -0.15) is 4.98 Å². The first kappa shape index (κ1) is 15.8. The molecule has 6 nitrogen and oxygen atoms in total. The fraction of sp³-hybridized carbons (Fsp3) is 0.250. The Bertz CT molecular complexity index is 830. The SMILES string of the molecule is CN(C)CCOc1ccc(-n2ccc3cnc(N)nc32)cc1Br. The van der Waals surface area contributed by atoms with Gasteiger partial charge in [0.1, 0.15) is 18.0 Å². The first-order valence-corrected chi connectivity index (χ1v) is 8.01. The normalized spacial score (nSPS) is 11.3. The van der Waals surface area contributed by atoms with Crippen molar-refractivity contribution in [3.63, 3.8) is 0 Å². The Morgan fingerprint density at radius 1 is 1.30 bits per heavy atom. The number of likely N-dealkylation sites (N-methyl/N-ethyl adjacent to an activating group) is 1. The highest BCUT2D eigenvalue weighted by molar-refractivity contribution is 9.10. The van der Waals surface area contributed by atoms with E-state index in [1.807, 2.05) is 49.1 Å². The quantitative estimate of drug-likeness (QED) is 0.742. The van der Waals surface area contributed by atoms with Crippen LogP contribution in [0.25, 0.3) is 16.7 Å². The molecule has 0 aliphatic rings. The van der Waals surface area contributed by atoms with Crippen LogP contribution in [0.15, 0.2) is 41.1 Å². The van der Waals surface area contributed by atoms with E-state index < -0.39 is 0 Å². The molecule has 3 rings (SSSR count). The average Bonchev–Trinajstić information content (AvgIpc) is 2.91. The van der Waals surface area contributed by atoms with E-state index in [9.17, 15) is 0 Å². The number of nitrogen functional groups attached to an aromatic ring is 1. The number of benzene rings is 1. The lowest BCUT2D eigenvalue weighted by Crippen LogP contribution is -2.19. The van der Waals surface area contributed by atoms with Crippen molar-refractivity contribution in [3.8, 4) is 11.4 Å². The molecule has 2 N–H and O–H groups in total. The lowest BCUT2D eigenvalue weighted by Gasteiger charge is -2.13. The van der Waals surface area contributed by atoms with Gasteiger partial charge in [-0.25, -0.2) is 4.98 Å². The number of hydrogen-bond acceptors (Lipinski definition) is 5. The summed E-state index contributed by atoms with van der Waals surface area (Å²) in [6, 6.07) is 7.91. The van der Waals surface area contributed by atoms with Crippen LogP contribution >= 0.6 is 15.9 Å². The largest absolute Gasteiger partial charge is 0.491 e. The van der Waals surface area contributed by atoms with Crippen LogP contribution in [0.5, 0.6) is 5.75 Å². The van der Waals surface area contributed by atoms with Gasteiger partial charge in [0.2, 0.25) is 5.95 Å². The lowest BCUT2D eigenvalue weighted by atomic mass is 10.3. The topological polar surface area (TPSA) is 69.2 Å². The summed E-state index contributed by atoms with van der Waals surface area (Å²) in [5.41, 5.74) is 7.45. The maximum atomic E-state index is 5.78. The molecule has 1 aromatic carbocycles. The minimum Gasteiger partial charge on any atom is -0.491 e. The van der Waals surface area contributed by atoms with Crippen LogP contribution in [-0.2, 0) is 0 Å². The molecule has 2 heterocycles. The molecule has 0 unspecified atom stereocenters. The van der Waals surface area contributed by atoms with Crippen LogP contribution in [0.1, 0.15) is 0 Å². The van der Waals surface area contributed by atoms with Crippen LogP contribution in [0.4, 0.5) is 5.95 Å². The molecule has 7 heteroatoms. The minimum atomic E-state index is 0.264. The summed E-state index contributed by atoms with van der Waals surface area (Å²) in [5.74, 6) is 1.08. The molecule has 0 aliphatic heterocycles. The molecule has 0 fully saturated rings. The number of fused-ring (bicyclic) bond motifs is 1. The van der Waals surface area contributed by atoms with Crippen LogP contribution < -0.4 is 10.5 Å². The lowest BCUT2D eigenvalue weighted by molar-refractivity contribution is 0.260. The van der Waals surface area contributed by atoms with Crippen molar-refractivity contribution in [1.82, 2.24) is 19.4 Å². The molecule has 0 atom stereocenters. The highest BCUT2D eigenvalue weighted by Crippen LogP contribution is 2.29. The Labute approximate surface area is 143 Å². The van der Waals surface area contributed by atoms with Crippen molar-refractivity contribution in [2.24, 2.45) is 0 Å². The van der Waals surface area contributed by atoms with Crippen LogP contribution in [-0.4, -0.2) is 46.7 Å². The molecular formula is C16H18BrN5O. The number of nitrogens with zero attached hydrogens (tertiary/aromatic N) is 4. The molecule has 0 aliphatic carbocycles. The van der Waals surface area contributed by atoms with Gasteiger partial charge in [-0.1, -0.05) is 0 Å². The summed E-state index contributed by atoms with van der Waals surface area (Å²) in [6.45, 7) is 1.51. The average molecular weight is 376 g/mol. The van der Waals surface area contributed by atoms with E-state index in [0.29, 0.717) is 6.61 Å². The summed E-state index contributed by atoms with van der Waals surface area (Å²) in [6.07, 6.45) is 3.68. The first-order chi connectivity index (χ1) is 11.0. The third kappa shape index (κ3) is 3.46. The van der Waals surface area contributed by atoms with Crippen molar-refractivity contribution in [1.29, 1.82) is 0 Å². The van der Waals surface area contributed by atoms with Crippen molar-refractivity contribution in [3.05, 3.63) is 41.1 Å². The fourth-order valence-corrected chi connectivity index (χ4v) is 2.72. The fourth-order valence-electron chi connectivity index (χ4n) is 2.23. The molecule has 0 amide bonds. The van der Waals surface area contributed by atoms with E-state index in [2.05, 4.69) is 30.8 Å². The van der Waals surface area contributed by atoms with E-state index in [4.69, 9.17) is 10.5 Å². The number of rotatable bonds is 5. The summed E-state index contributed by atoms with van der Waals surface area (Å²) in [5, 5.41) is 0.946. The molecule has 0 spiro atoms. The Balaban J connectivity index is 1.88. The number of hydrogen-bond donors (Lipinski definition) is 1. The Morgan fingerprint density at radius 3 is 2.87 bits per heavy atom. The molecule has 0 radical (unpaired) electrons. The zero-order chi connectivity index (χ0) is 16.4. The van der Waals surface area contributed by atoms with Gasteiger partial charge in [-0.3, -0.25) is 0 Å². The summed E-state index contributed by atoms with van der Waals surface area (Å²) in [4.78, 5) is 10.4. The smallest absolute Gasteiger partial charge is 0.221 e. The first-order valence-electron chi connectivity index (χ1n) is 7.21. The molecule has 2 aromatic heterocycles. The number of aromatic nitrogens is 3. The minimum absolute atomic E-state index is 0.264. The summed E-state index contributed by atoms with van der Waals surface area (Å²) in [7, 11) is 4.04. The summed E-state index contributed by atoms with van der Waals surface area (Å²) < 4.78 is 8.66. The third-order valence-electron chi connectivity index (χ3n) is 3.44. The molecule has 0 bridgehead atoms. The van der Waals surface area contributed by atoms with E-state index in [-0.39, 0.29) is 5.95 Å². The van der Waals surface area contributed by atoms with E-state index >= 15 is 0 Å². The number of ether oxygens (including phenoxy) is 1. The van der Waals surface area contributed by atoms with E-state index in [1.165, 1.54) is 0 Å². The van der Waals surface area contributed by atoms with Crippen molar-refractivity contribution >= 4 is 32.9 Å². The maximum Gasteiger partial charge on any atom is 0.221 e. The van der Waals surface area contributed by atoms with Crippen molar-refractivity contribution in [2.75, 3.05) is 33.0 Å².